The number of aliphatic hydroxyl groups is 3. The van der Waals surface area contributed by atoms with Crippen molar-refractivity contribution in [2.24, 2.45) is 0 Å². The highest BCUT2D eigenvalue weighted by molar-refractivity contribution is 5.64. The Hall–Kier alpha value is -2.21. The lowest BCUT2D eigenvalue weighted by atomic mass is 10.2. The van der Waals surface area contributed by atoms with E-state index in [0.717, 1.165) is 6.42 Å². The summed E-state index contributed by atoms with van der Waals surface area (Å²) in [6.45, 7) is 2.04. The average molecular weight is 375 g/mol. The van der Waals surface area contributed by atoms with E-state index >= 15 is 0 Å². The summed E-state index contributed by atoms with van der Waals surface area (Å²) in [4.78, 5) is 10.3. The lowest BCUT2D eigenvalue weighted by molar-refractivity contribution is -0.306. The zero-order chi connectivity index (χ0) is 20.3. The minimum Gasteiger partial charge on any atom is -0.550 e. The molecule has 0 heterocycles. The highest BCUT2D eigenvalue weighted by atomic mass is 16.4. The van der Waals surface area contributed by atoms with E-state index in [-0.39, 0.29) is 12.8 Å². The van der Waals surface area contributed by atoms with Gasteiger partial charge < -0.3 is 25.2 Å². The van der Waals surface area contributed by atoms with Crippen molar-refractivity contribution >= 4 is 5.97 Å². The molecule has 0 unspecified atom stereocenters. The Morgan fingerprint density at radius 2 is 1.30 bits per heavy atom. The molecule has 0 saturated heterocycles. The summed E-state index contributed by atoms with van der Waals surface area (Å²) in [5.41, 5.74) is 0. The number of rotatable bonds is 14. The van der Waals surface area contributed by atoms with Crippen molar-refractivity contribution in [3.63, 3.8) is 0 Å². The third-order valence-corrected chi connectivity index (χ3v) is 3.38. The molecule has 0 aromatic rings. The zero-order valence-electron chi connectivity index (χ0n) is 15.9. The maximum atomic E-state index is 10.3. The Morgan fingerprint density at radius 3 is 1.85 bits per heavy atom. The fourth-order valence-electron chi connectivity index (χ4n) is 1.92. The molecular formula is C22H31O5-. The van der Waals surface area contributed by atoms with Crippen LogP contribution in [0.1, 0.15) is 39.0 Å². The van der Waals surface area contributed by atoms with Crippen LogP contribution in [0.15, 0.2) is 72.9 Å². The minimum absolute atomic E-state index is 0.120. The fraction of sp³-hybridized carbons (Fsp3) is 0.409. The molecule has 0 aliphatic rings. The number of carboxylic acid groups (broad SMARTS) is 1. The van der Waals surface area contributed by atoms with Crippen LogP contribution in [-0.2, 0) is 4.79 Å². The van der Waals surface area contributed by atoms with Crippen LogP contribution < -0.4 is 5.11 Å². The van der Waals surface area contributed by atoms with Crippen molar-refractivity contribution in [2.75, 3.05) is 0 Å². The van der Waals surface area contributed by atoms with Gasteiger partial charge in [-0.3, -0.25) is 0 Å². The van der Waals surface area contributed by atoms with Gasteiger partial charge in [0.25, 0.3) is 0 Å². The summed E-state index contributed by atoms with van der Waals surface area (Å²) in [6.07, 6.45) is 20.9. The molecule has 0 saturated carbocycles. The molecule has 5 nitrogen and oxygen atoms in total. The van der Waals surface area contributed by atoms with Crippen LogP contribution in [0.25, 0.3) is 0 Å². The molecule has 3 N–H and O–H groups in total. The Bertz CT molecular complexity index is 555. The summed E-state index contributed by atoms with van der Waals surface area (Å²) in [6, 6.07) is 0. The maximum absolute atomic E-state index is 10.3. The van der Waals surface area contributed by atoms with Crippen LogP contribution in [0.4, 0.5) is 0 Å². The molecule has 150 valence electrons. The maximum Gasteiger partial charge on any atom is 0.0758 e. The smallest absolute Gasteiger partial charge is 0.0758 e. The van der Waals surface area contributed by atoms with Crippen LogP contribution in [0.2, 0.25) is 0 Å². The third kappa shape index (κ3) is 18.4. The Balaban J connectivity index is 4.01. The first-order valence-electron chi connectivity index (χ1n) is 9.19. The molecule has 0 aliphatic carbocycles. The lowest BCUT2D eigenvalue weighted by Crippen LogP contribution is -2.23. The number of carbonyl (C=O) groups excluding carboxylic acids is 1. The second kappa shape index (κ2) is 17.2. The Kier molecular flexibility index (Phi) is 15.8. The summed E-state index contributed by atoms with van der Waals surface area (Å²) in [5.74, 6) is -1.18. The van der Waals surface area contributed by atoms with Crippen LogP contribution in [-0.4, -0.2) is 39.6 Å². The molecule has 0 aliphatic heterocycles. The van der Waals surface area contributed by atoms with Gasteiger partial charge in [-0.25, -0.2) is 0 Å². The normalized spacial score (nSPS) is 16.6. The molecule has 5 heteroatoms. The van der Waals surface area contributed by atoms with Crippen molar-refractivity contribution in [1.82, 2.24) is 0 Å². The van der Waals surface area contributed by atoms with Crippen molar-refractivity contribution in [2.45, 2.75) is 57.3 Å². The molecule has 3 atom stereocenters. The van der Waals surface area contributed by atoms with Gasteiger partial charge >= 0.3 is 0 Å². The van der Waals surface area contributed by atoms with Crippen molar-refractivity contribution in [3.05, 3.63) is 72.9 Å². The largest absolute Gasteiger partial charge is 0.550 e. The monoisotopic (exact) mass is 375 g/mol. The molecule has 0 fully saturated rings. The van der Waals surface area contributed by atoms with Crippen molar-refractivity contribution in [1.29, 1.82) is 0 Å². The summed E-state index contributed by atoms with van der Waals surface area (Å²) >= 11 is 0. The number of carboxylic acids is 1. The predicted octanol–water partition coefficient (Wildman–Crippen LogP) is 2.13. The molecule has 0 bridgehead atoms. The van der Waals surface area contributed by atoms with Crippen LogP contribution in [0.5, 0.6) is 0 Å². The second-order valence-electron chi connectivity index (χ2n) is 5.93. The van der Waals surface area contributed by atoms with E-state index in [2.05, 4.69) is 0 Å². The van der Waals surface area contributed by atoms with E-state index in [1.165, 1.54) is 6.08 Å². The van der Waals surface area contributed by atoms with Gasteiger partial charge in [0.05, 0.1) is 18.3 Å². The SMILES string of the molecule is CC/C=C\C[C@H](O)/C=C/C=C\C[C@@H](O)/C=C/C=C/C=C\[C@@H](O)CCC(=O)[O-]. The van der Waals surface area contributed by atoms with Crippen LogP contribution in [0, 0.1) is 0 Å². The van der Waals surface area contributed by atoms with E-state index in [4.69, 9.17) is 0 Å². The minimum atomic E-state index is -1.18. The van der Waals surface area contributed by atoms with Crippen molar-refractivity contribution < 1.29 is 25.2 Å². The number of carbonyl (C=O) groups is 1. The number of allylic oxidation sites excluding steroid dienone is 7. The number of aliphatic hydroxyl groups excluding tert-OH is 3. The summed E-state index contributed by atoms with van der Waals surface area (Å²) < 4.78 is 0. The number of hydrogen-bond donors (Lipinski definition) is 3. The Labute approximate surface area is 162 Å². The van der Waals surface area contributed by atoms with Gasteiger partial charge in [-0.1, -0.05) is 79.8 Å². The molecule has 0 aromatic carbocycles. The average Bonchev–Trinajstić information content (AvgIpc) is 2.62. The second-order valence-corrected chi connectivity index (χ2v) is 5.93. The third-order valence-electron chi connectivity index (χ3n) is 3.38. The van der Waals surface area contributed by atoms with E-state index < -0.39 is 24.3 Å². The topological polar surface area (TPSA) is 101 Å². The lowest BCUT2D eigenvalue weighted by Gasteiger charge is -2.04. The molecule has 0 rings (SSSR count). The summed E-state index contributed by atoms with van der Waals surface area (Å²) in [5, 5.41) is 39.2. The van der Waals surface area contributed by atoms with E-state index in [0.29, 0.717) is 12.8 Å². The first kappa shape index (κ1) is 24.8. The fourth-order valence-corrected chi connectivity index (χ4v) is 1.92. The molecule has 0 spiro atoms. The standard InChI is InChI=1S/C22H32O5/c1-2-3-7-12-19(23)14-10-6-11-15-20(24)13-8-4-5-9-16-21(25)17-18-22(26)27/h3-11,13-14,16,19-21,23-25H,2,12,15,17-18H2,1H3,(H,26,27)/p-1/b5-4+,7-3-,11-6-,13-8+,14-10+,16-9-/t19-,20-,21+/m0/s1. The number of hydrogen-bond acceptors (Lipinski definition) is 5. The predicted molar refractivity (Wildman–Crippen MR) is 107 cm³/mol. The first-order valence-corrected chi connectivity index (χ1v) is 9.19. The quantitative estimate of drug-likeness (QED) is 0.319. The van der Waals surface area contributed by atoms with E-state index in [9.17, 15) is 25.2 Å². The van der Waals surface area contributed by atoms with E-state index in [1.54, 1.807) is 48.6 Å². The molecule has 0 aromatic heterocycles. The zero-order valence-corrected chi connectivity index (χ0v) is 15.9. The van der Waals surface area contributed by atoms with Crippen LogP contribution in [0.3, 0.4) is 0 Å². The first-order chi connectivity index (χ1) is 13.0. The highest BCUT2D eigenvalue weighted by Crippen LogP contribution is 2.00. The van der Waals surface area contributed by atoms with Crippen LogP contribution >= 0.6 is 0 Å². The van der Waals surface area contributed by atoms with E-state index in [1.807, 2.05) is 25.2 Å². The highest BCUT2D eigenvalue weighted by Gasteiger charge is 1.97. The number of aliphatic carboxylic acids is 1. The van der Waals surface area contributed by atoms with Gasteiger partial charge in [0.2, 0.25) is 0 Å². The van der Waals surface area contributed by atoms with Gasteiger partial charge in [0.1, 0.15) is 0 Å². The summed E-state index contributed by atoms with van der Waals surface area (Å²) in [7, 11) is 0. The van der Waals surface area contributed by atoms with Gasteiger partial charge in [-0.15, -0.1) is 0 Å². The molecule has 0 amide bonds. The van der Waals surface area contributed by atoms with Gasteiger partial charge in [-0.05, 0) is 32.1 Å². The van der Waals surface area contributed by atoms with Gasteiger partial charge in [-0.2, -0.15) is 0 Å². The molecule has 27 heavy (non-hydrogen) atoms. The van der Waals surface area contributed by atoms with Gasteiger partial charge in [0, 0.05) is 5.97 Å². The Morgan fingerprint density at radius 1 is 0.778 bits per heavy atom. The van der Waals surface area contributed by atoms with Gasteiger partial charge in [0.15, 0.2) is 0 Å². The van der Waals surface area contributed by atoms with Crippen molar-refractivity contribution in [3.8, 4) is 0 Å². The molecule has 0 radical (unpaired) electrons. The molecular weight excluding hydrogens is 344 g/mol.